The number of carboxylic acids is 1. The lowest BCUT2D eigenvalue weighted by Crippen LogP contribution is -2.28. The average molecular weight is 305 g/mol. The number of fused-ring (bicyclic) bond motifs is 1. The molecule has 1 fully saturated rings. The molecule has 1 aliphatic rings. The highest BCUT2D eigenvalue weighted by atomic mass is 32.1. The summed E-state index contributed by atoms with van der Waals surface area (Å²) in [6.07, 6.45) is 2.91. The molecule has 0 saturated carbocycles. The molecule has 114 valence electrons. The first-order valence-corrected chi connectivity index (χ1v) is 8.29. The highest BCUT2D eigenvalue weighted by Crippen LogP contribution is 2.25. The molecule has 2 aromatic rings. The Morgan fingerprint density at radius 1 is 1.33 bits per heavy atom. The van der Waals surface area contributed by atoms with Gasteiger partial charge in [-0.1, -0.05) is 25.1 Å². The van der Waals surface area contributed by atoms with Crippen LogP contribution in [0.25, 0.3) is 10.1 Å². The van der Waals surface area contributed by atoms with E-state index in [2.05, 4.69) is 18.9 Å². The molecule has 3 nitrogen and oxygen atoms in total. The minimum absolute atomic E-state index is 0.115. The summed E-state index contributed by atoms with van der Waals surface area (Å²) in [4.78, 5) is 12.9. The number of carbonyl (C=O) groups is 1. The first-order valence-electron chi connectivity index (χ1n) is 7.41. The number of hydrogen-bond donors (Lipinski definition) is 1. The lowest BCUT2D eigenvalue weighted by atomic mass is 10.00. The van der Waals surface area contributed by atoms with Crippen LogP contribution < -0.4 is 0 Å². The summed E-state index contributed by atoms with van der Waals surface area (Å²) in [6.45, 7) is 4.95. The zero-order valence-corrected chi connectivity index (χ0v) is 13.5. The molecule has 1 saturated heterocycles. The Kier molecular flexibility index (Phi) is 5.76. The van der Waals surface area contributed by atoms with Crippen LogP contribution in [0.2, 0.25) is 0 Å². The van der Waals surface area contributed by atoms with Crippen molar-refractivity contribution in [3.05, 3.63) is 35.2 Å². The molecule has 1 N–H and O–H groups in total. The number of aliphatic carboxylic acids is 1. The summed E-state index contributed by atoms with van der Waals surface area (Å²) in [5.41, 5.74) is 0.910. The fraction of sp³-hybridized carbons (Fsp3) is 0.471. The van der Waals surface area contributed by atoms with E-state index < -0.39 is 5.97 Å². The van der Waals surface area contributed by atoms with Crippen LogP contribution in [0.15, 0.2) is 29.6 Å². The number of rotatable bonds is 2. The van der Waals surface area contributed by atoms with Gasteiger partial charge >= 0.3 is 5.97 Å². The monoisotopic (exact) mass is 305 g/mol. The first-order chi connectivity index (χ1) is 10.1. The van der Waals surface area contributed by atoms with E-state index in [1.165, 1.54) is 25.9 Å². The van der Waals surface area contributed by atoms with Crippen LogP contribution in [0.4, 0.5) is 0 Å². The van der Waals surface area contributed by atoms with Gasteiger partial charge in [0, 0.05) is 4.70 Å². The second-order valence-corrected chi connectivity index (χ2v) is 6.72. The van der Waals surface area contributed by atoms with Crippen molar-refractivity contribution in [3.8, 4) is 0 Å². The summed E-state index contributed by atoms with van der Waals surface area (Å²) >= 11 is 1.59. The minimum atomic E-state index is -0.774. The molecule has 4 heteroatoms. The van der Waals surface area contributed by atoms with Crippen LogP contribution in [0.3, 0.4) is 0 Å². The highest BCUT2D eigenvalue weighted by Gasteiger charge is 2.10. The Hall–Kier alpha value is -1.39. The fourth-order valence-electron chi connectivity index (χ4n) is 2.47. The third-order valence-corrected chi connectivity index (χ3v) is 4.92. The summed E-state index contributed by atoms with van der Waals surface area (Å²) < 4.78 is 1.15. The molecule has 0 spiro atoms. The van der Waals surface area contributed by atoms with Crippen LogP contribution in [0.5, 0.6) is 0 Å². The topological polar surface area (TPSA) is 40.5 Å². The van der Waals surface area contributed by atoms with Gasteiger partial charge in [0.15, 0.2) is 0 Å². The highest BCUT2D eigenvalue weighted by molar-refractivity contribution is 7.17. The number of likely N-dealkylation sites (tertiary alicyclic amines) is 1. The quantitative estimate of drug-likeness (QED) is 0.915. The smallest absolute Gasteiger partial charge is 0.307 e. The zero-order chi connectivity index (χ0) is 15.2. The largest absolute Gasteiger partial charge is 0.481 e. The number of nitrogens with zero attached hydrogens (tertiary/aromatic N) is 1. The van der Waals surface area contributed by atoms with Crippen molar-refractivity contribution in [2.45, 2.75) is 26.2 Å². The molecule has 0 aliphatic carbocycles. The number of thiophene rings is 1. The van der Waals surface area contributed by atoms with Crippen LogP contribution in [0, 0.1) is 5.92 Å². The van der Waals surface area contributed by atoms with E-state index >= 15 is 0 Å². The minimum Gasteiger partial charge on any atom is -0.481 e. The Morgan fingerprint density at radius 2 is 2.00 bits per heavy atom. The van der Waals surface area contributed by atoms with Gasteiger partial charge in [-0.2, -0.15) is 0 Å². The van der Waals surface area contributed by atoms with Crippen molar-refractivity contribution in [1.82, 2.24) is 4.90 Å². The molecule has 21 heavy (non-hydrogen) atoms. The maximum Gasteiger partial charge on any atom is 0.307 e. The van der Waals surface area contributed by atoms with E-state index in [0.29, 0.717) is 0 Å². The van der Waals surface area contributed by atoms with Crippen molar-refractivity contribution in [1.29, 1.82) is 0 Å². The van der Waals surface area contributed by atoms with Crippen molar-refractivity contribution in [3.63, 3.8) is 0 Å². The van der Waals surface area contributed by atoms with Crippen LogP contribution in [-0.4, -0.2) is 36.1 Å². The number of carboxylic acid groups (broad SMARTS) is 1. The molecule has 0 amide bonds. The maximum absolute atomic E-state index is 10.5. The number of benzene rings is 1. The van der Waals surface area contributed by atoms with Crippen molar-refractivity contribution in [2.75, 3.05) is 20.1 Å². The molecule has 1 aromatic carbocycles. The molecule has 0 unspecified atom stereocenters. The van der Waals surface area contributed by atoms with E-state index in [4.69, 9.17) is 5.11 Å². The normalized spacial score (nSPS) is 16.5. The SMILES string of the molecule is CC1CCN(C)CC1.O=C(O)Cc1csc2ccccc12. The van der Waals surface area contributed by atoms with Gasteiger partial charge in [-0.05, 0) is 61.3 Å². The Labute approximate surface area is 130 Å². The number of hydrogen-bond acceptors (Lipinski definition) is 3. The van der Waals surface area contributed by atoms with E-state index in [0.717, 1.165) is 21.6 Å². The lowest BCUT2D eigenvalue weighted by Gasteiger charge is -2.26. The molecule has 0 bridgehead atoms. The molecule has 3 rings (SSSR count). The van der Waals surface area contributed by atoms with Gasteiger partial charge < -0.3 is 10.0 Å². The van der Waals surface area contributed by atoms with Gasteiger partial charge in [-0.15, -0.1) is 11.3 Å². The van der Waals surface area contributed by atoms with Crippen LogP contribution in [-0.2, 0) is 11.2 Å². The Bertz CT molecular complexity index is 575. The molecule has 1 aromatic heterocycles. The zero-order valence-electron chi connectivity index (χ0n) is 12.7. The van der Waals surface area contributed by atoms with E-state index in [9.17, 15) is 4.79 Å². The molecular weight excluding hydrogens is 282 g/mol. The summed E-state index contributed by atoms with van der Waals surface area (Å²) in [6, 6.07) is 7.86. The Balaban J connectivity index is 0.000000173. The third kappa shape index (κ3) is 4.83. The second-order valence-electron chi connectivity index (χ2n) is 5.81. The molecular formula is C17H23NO2S. The van der Waals surface area contributed by atoms with Gasteiger partial charge in [0.1, 0.15) is 0 Å². The van der Waals surface area contributed by atoms with Crippen molar-refractivity contribution >= 4 is 27.4 Å². The van der Waals surface area contributed by atoms with E-state index in [1.54, 1.807) is 11.3 Å². The predicted octanol–water partition coefficient (Wildman–Crippen LogP) is 3.88. The first kappa shape index (κ1) is 16.0. The van der Waals surface area contributed by atoms with Crippen LogP contribution >= 0.6 is 11.3 Å². The van der Waals surface area contributed by atoms with Gasteiger partial charge in [0.05, 0.1) is 6.42 Å². The Morgan fingerprint density at radius 3 is 2.62 bits per heavy atom. The van der Waals surface area contributed by atoms with Gasteiger partial charge in [-0.3, -0.25) is 4.79 Å². The number of piperidine rings is 1. The molecule has 1 aliphatic heterocycles. The van der Waals surface area contributed by atoms with E-state index in [1.807, 2.05) is 29.6 Å². The summed E-state index contributed by atoms with van der Waals surface area (Å²) in [5, 5.41) is 11.6. The summed E-state index contributed by atoms with van der Waals surface area (Å²) in [5.74, 6) is 0.203. The van der Waals surface area contributed by atoms with Crippen LogP contribution in [0.1, 0.15) is 25.3 Å². The predicted molar refractivity (Wildman–Crippen MR) is 89.1 cm³/mol. The molecule has 2 heterocycles. The molecule has 0 radical (unpaired) electrons. The fourth-order valence-corrected chi connectivity index (χ4v) is 3.43. The van der Waals surface area contributed by atoms with Gasteiger partial charge in [0.2, 0.25) is 0 Å². The average Bonchev–Trinajstić information content (AvgIpc) is 2.86. The van der Waals surface area contributed by atoms with Gasteiger partial charge in [0.25, 0.3) is 0 Å². The van der Waals surface area contributed by atoms with Gasteiger partial charge in [-0.25, -0.2) is 0 Å². The summed E-state index contributed by atoms with van der Waals surface area (Å²) in [7, 11) is 2.20. The standard InChI is InChI=1S/C10H8O2S.C7H15N/c11-10(12)5-7-6-13-9-4-2-1-3-8(7)9;1-7-3-5-8(2)6-4-7/h1-4,6H,5H2,(H,11,12);7H,3-6H2,1-2H3. The maximum atomic E-state index is 10.5. The van der Waals surface area contributed by atoms with Crippen molar-refractivity contribution in [2.24, 2.45) is 5.92 Å². The van der Waals surface area contributed by atoms with E-state index in [-0.39, 0.29) is 6.42 Å². The van der Waals surface area contributed by atoms with Crippen molar-refractivity contribution < 1.29 is 9.90 Å². The lowest BCUT2D eigenvalue weighted by molar-refractivity contribution is -0.136. The third-order valence-electron chi connectivity index (χ3n) is 3.91. The molecule has 0 atom stereocenters. The second kappa shape index (κ2) is 7.57.